The zero-order valence-corrected chi connectivity index (χ0v) is 16.0. The van der Waals surface area contributed by atoms with Crippen molar-refractivity contribution in [2.75, 3.05) is 26.2 Å². The maximum Gasteiger partial charge on any atom is 0.317 e. The molecule has 1 spiro atoms. The molecule has 0 saturated carbocycles. The summed E-state index contributed by atoms with van der Waals surface area (Å²) in [5, 5.41) is 3.15. The summed E-state index contributed by atoms with van der Waals surface area (Å²) >= 11 is 0. The van der Waals surface area contributed by atoms with Gasteiger partial charge in [-0.25, -0.2) is 4.79 Å². The van der Waals surface area contributed by atoms with Gasteiger partial charge in [0.2, 0.25) is 0 Å². The first kappa shape index (κ1) is 17.7. The molecule has 2 saturated heterocycles. The van der Waals surface area contributed by atoms with Crippen LogP contribution >= 0.6 is 0 Å². The van der Waals surface area contributed by atoms with Gasteiger partial charge in [-0.05, 0) is 23.1 Å². The van der Waals surface area contributed by atoms with E-state index in [2.05, 4.69) is 35.6 Å². The van der Waals surface area contributed by atoms with Crippen molar-refractivity contribution in [2.24, 2.45) is 5.92 Å². The molecule has 5 nitrogen and oxygen atoms in total. The Balaban J connectivity index is 1.21. The Morgan fingerprint density at radius 2 is 1.96 bits per heavy atom. The van der Waals surface area contributed by atoms with Crippen LogP contribution in [-0.4, -0.2) is 37.2 Å². The lowest BCUT2D eigenvalue weighted by molar-refractivity contribution is -0.0272. The maximum atomic E-state index is 12.8. The highest BCUT2D eigenvalue weighted by atomic mass is 16.5. The van der Waals surface area contributed by atoms with Gasteiger partial charge >= 0.3 is 6.03 Å². The molecule has 2 aromatic rings. The van der Waals surface area contributed by atoms with Gasteiger partial charge < -0.3 is 19.7 Å². The number of fused-ring (bicyclic) bond motifs is 2. The first-order chi connectivity index (χ1) is 13.8. The zero-order valence-electron chi connectivity index (χ0n) is 16.0. The minimum Gasteiger partial charge on any atom is -0.373 e. The van der Waals surface area contributed by atoms with Crippen molar-refractivity contribution in [1.29, 1.82) is 0 Å². The molecule has 5 rings (SSSR count). The van der Waals surface area contributed by atoms with E-state index in [-0.39, 0.29) is 17.7 Å². The molecule has 1 unspecified atom stereocenters. The van der Waals surface area contributed by atoms with Gasteiger partial charge in [0.15, 0.2) is 0 Å². The summed E-state index contributed by atoms with van der Waals surface area (Å²) in [5.74, 6) is 0.311. The molecular formula is C23H26N2O3. The lowest BCUT2D eigenvalue weighted by Crippen LogP contribution is -2.42. The standard InChI is InChI=1S/C23H26N2O3/c26-22(24-14-18-10-13-27-21(18)17-6-2-1-3-7-17)25-12-11-23(16-25)20-9-5-4-8-19(20)15-28-23/h1-9,18,21H,10-16H2,(H,24,26)/t18-,21-,23?/m0/s1. The normalized spacial score (nSPS) is 28.6. The van der Waals surface area contributed by atoms with Gasteiger partial charge in [0, 0.05) is 32.0 Å². The Morgan fingerprint density at radius 3 is 2.86 bits per heavy atom. The largest absolute Gasteiger partial charge is 0.373 e. The summed E-state index contributed by atoms with van der Waals surface area (Å²) in [4.78, 5) is 14.7. The fourth-order valence-corrected chi connectivity index (χ4v) is 4.86. The number of nitrogens with zero attached hydrogens (tertiary/aromatic N) is 1. The van der Waals surface area contributed by atoms with Gasteiger partial charge in [0.05, 0.1) is 19.3 Å². The van der Waals surface area contributed by atoms with E-state index in [4.69, 9.17) is 9.47 Å². The average molecular weight is 378 g/mol. The van der Waals surface area contributed by atoms with Crippen LogP contribution in [0.15, 0.2) is 54.6 Å². The maximum absolute atomic E-state index is 12.8. The van der Waals surface area contributed by atoms with Crippen molar-refractivity contribution >= 4 is 6.03 Å². The molecule has 3 heterocycles. The smallest absolute Gasteiger partial charge is 0.317 e. The van der Waals surface area contributed by atoms with Gasteiger partial charge in [0.25, 0.3) is 0 Å². The van der Waals surface area contributed by atoms with Gasteiger partial charge in [-0.15, -0.1) is 0 Å². The summed E-state index contributed by atoms with van der Waals surface area (Å²) in [5.41, 5.74) is 3.37. The summed E-state index contributed by atoms with van der Waals surface area (Å²) < 4.78 is 12.1. The monoisotopic (exact) mass is 378 g/mol. The van der Waals surface area contributed by atoms with E-state index >= 15 is 0 Å². The van der Waals surface area contributed by atoms with Gasteiger partial charge in [0.1, 0.15) is 5.60 Å². The van der Waals surface area contributed by atoms with Crippen LogP contribution in [0.25, 0.3) is 0 Å². The summed E-state index contributed by atoms with van der Waals surface area (Å²) in [6, 6.07) is 18.7. The summed E-state index contributed by atoms with van der Waals surface area (Å²) in [6.07, 6.45) is 1.90. The van der Waals surface area contributed by atoms with Crippen molar-refractivity contribution in [3.8, 4) is 0 Å². The van der Waals surface area contributed by atoms with Crippen molar-refractivity contribution in [3.05, 3.63) is 71.3 Å². The van der Waals surface area contributed by atoms with E-state index < -0.39 is 0 Å². The molecular weight excluding hydrogens is 352 g/mol. The zero-order chi connectivity index (χ0) is 19.0. The molecule has 1 N–H and O–H groups in total. The average Bonchev–Trinajstić information content (AvgIpc) is 3.47. The summed E-state index contributed by atoms with van der Waals surface area (Å²) in [7, 11) is 0. The van der Waals surface area contributed by atoms with Crippen LogP contribution in [0.4, 0.5) is 4.79 Å². The third kappa shape index (κ3) is 3.09. The third-order valence-electron chi connectivity index (χ3n) is 6.39. The third-order valence-corrected chi connectivity index (χ3v) is 6.39. The van der Waals surface area contributed by atoms with Crippen LogP contribution in [-0.2, 0) is 21.7 Å². The predicted molar refractivity (Wildman–Crippen MR) is 106 cm³/mol. The van der Waals surface area contributed by atoms with Crippen molar-refractivity contribution in [2.45, 2.75) is 31.2 Å². The highest BCUT2D eigenvalue weighted by Gasteiger charge is 2.46. The van der Waals surface area contributed by atoms with Crippen LogP contribution in [0, 0.1) is 5.92 Å². The first-order valence-corrected chi connectivity index (χ1v) is 10.2. The Labute approximate surface area is 165 Å². The number of benzene rings is 2. The molecule has 28 heavy (non-hydrogen) atoms. The quantitative estimate of drug-likeness (QED) is 0.888. The second kappa shape index (κ2) is 7.22. The molecule has 2 fully saturated rings. The second-order valence-electron chi connectivity index (χ2n) is 8.05. The molecule has 3 aliphatic rings. The molecule has 0 radical (unpaired) electrons. The lowest BCUT2D eigenvalue weighted by Gasteiger charge is -2.25. The van der Waals surface area contributed by atoms with E-state index in [1.165, 1.54) is 16.7 Å². The van der Waals surface area contributed by atoms with Gasteiger partial charge in [-0.3, -0.25) is 0 Å². The minimum absolute atomic E-state index is 0.00330. The minimum atomic E-state index is -0.322. The SMILES string of the molecule is O=C(NC[C@@H]1CCO[C@H]1c1ccccc1)N1CCC2(C1)OCc1ccccc12. The van der Waals surface area contributed by atoms with Crippen molar-refractivity contribution < 1.29 is 14.3 Å². The van der Waals surface area contributed by atoms with Gasteiger partial charge in [-0.1, -0.05) is 54.6 Å². The van der Waals surface area contributed by atoms with E-state index in [1.54, 1.807) is 0 Å². The van der Waals surface area contributed by atoms with Gasteiger partial charge in [-0.2, -0.15) is 0 Å². The highest BCUT2D eigenvalue weighted by molar-refractivity contribution is 5.74. The number of amides is 2. The number of rotatable bonds is 3. The number of hydrogen-bond acceptors (Lipinski definition) is 3. The molecule has 0 bridgehead atoms. The topological polar surface area (TPSA) is 50.8 Å². The summed E-state index contributed by atoms with van der Waals surface area (Å²) in [6.45, 7) is 3.38. The molecule has 2 aromatic carbocycles. The number of urea groups is 1. The fraction of sp³-hybridized carbons (Fsp3) is 0.435. The Hall–Kier alpha value is -2.37. The first-order valence-electron chi connectivity index (χ1n) is 10.2. The lowest BCUT2D eigenvalue weighted by atomic mass is 9.92. The van der Waals surface area contributed by atoms with Crippen LogP contribution < -0.4 is 5.32 Å². The van der Waals surface area contributed by atoms with Crippen LogP contribution in [0.1, 0.15) is 35.6 Å². The van der Waals surface area contributed by atoms with Crippen LogP contribution in [0.3, 0.4) is 0 Å². The van der Waals surface area contributed by atoms with E-state index in [1.807, 2.05) is 29.2 Å². The molecule has 2 amide bonds. The van der Waals surface area contributed by atoms with Crippen LogP contribution in [0.5, 0.6) is 0 Å². The number of ether oxygens (including phenoxy) is 2. The molecule has 5 heteroatoms. The molecule has 3 aliphatic heterocycles. The Morgan fingerprint density at radius 1 is 1.14 bits per heavy atom. The van der Waals surface area contributed by atoms with Crippen molar-refractivity contribution in [3.63, 3.8) is 0 Å². The highest BCUT2D eigenvalue weighted by Crippen LogP contribution is 2.43. The number of hydrogen-bond donors (Lipinski definition) is 1. The predicted octanol–water partition coefficient (Wildman–Crippen LogP) is 3.61. The molecule has 146 valence electrons. The molecule has 0 aliphatic carbocycles. The number of nitrogens with one attached hydrogen (secondary N) is 1. The molecule has 0 aromatic heterocycles. The Kier molecular flexibility index (Phi) is 4.57. The molecule has 3 atom stereocenters. The second-order valence-corrected chi connectivity index (χ2v) is 8.05. The van der Waals surface area contributed by atoms with E-state index in [0.717, 1.165) is 26.0 Å². The number of likely N-dealkylation sites (tertiary alicyclic amines) is 1. The number of carbonyl (C=O) groups excluding carboxylic acids is 1. The fourth-order valence-electron chi connectivity index (χ4n) is 4.86. The van der Waals surface area contributed by atoms with Crippen LogP contribution in [0.2, 0.25) is 0 Å². The van der Waals surface area contributed by atoms with Crippen molar-refractivity contribution in [1.82, 2.24) is 10.2 Å². The Bertz CT molecular complexity index is 856. The van der Waals surface area contributed by atoms with E-state index in [0.29, 0.717) is 25.6 Å². The van der Waals surface area contributed by atoms with E-state index in [9.17, 15) is 4.79 Å². The number of carbonyl (C=O) groups is 1.